The lowest BCUT2D eigenvalue weighted by molar-refractivity contribution is -0.126. The summed E-state index contributed by atoms with van der Waals surface area (Å²) in [6.07, 6.45) is 5.43. The first-order chi connectivity index (χ1) is 11.0. The van der Waals surface area contributed by atoms with Crippen molar-refractivity contribution in [2.24, 2.45) is 11.7 Å². The number of likely N-dealkylation sites (tertiary alicyclic amines) is 2. The summed E-state index contributed by atoms with van der Waals surface area (Å²) in [6, 6.07) is 0.152. The largest absolute Gasteiger partial charge is 0.354 e. The number of nitrogens with one attached hydrogen (secondary N) is 1. The summed E-state index contributed by atoms with van der Waals surface area (Å²) in [7, 11) is 0. The molecule has 23 heavy (non-hydrogen) atoms. The number of carbonyl (C=O) groups is 2. The molecule has 3 amide bonds. The monoisotopic (exact) mass is 324 g/mol. The van der Waals surface area contributed by atoms with Gasteiger partial charge >= 0.3 is 6.03 Å². The molecule has 2 aliphatic heterocycles. The fourth-order valence-corrected chi connectivity index (χ4v) is 3.35. The maximum absolute atomic E-state index is 12.3. The van der Waals surface area contributed by atoms with Crippen LogP contribution in [0.2, 0.25) is 0 Å². The fraction of sp³-hybridized carbons (Fsp3) is 0.882. The summed E-state index contributed by atoms with van der Waals surface area (Å²) >= 11 is 0. The average molecular weight is 324 g/mol. The Bertz CT molecular complexity index is 409. The molecule has 0 spiro atoms. The van der Waals surface area contributed by atoms with Gasteiger partial charge in [0.05, 0.1) is 0 Å². The molecule has 0 unspecified atom stereocenters. The smallest absolute Gasteiger partial charge is 0.319 e. The zero-order chi connectivity index (χ0) is 16.9. The van der Waals surface area contributed by atoms with E-state index in [4.69, 9.17) is 5.73 Å². The number of hydrogen-bond donors (Lipinski definition) is 2. The Morgan fingerprint density at radius 2 is 1.57 bits per heavy atom. The minimum atomic E-state index is -0.303. The summed E-state index contributed by atoms with van der Waals surface area (Å²) in [4.78, 5) is 28.5. The first kappa shape index (κ1) is 18.0. The second kappa shape index (κ2) is 7.99. The van der Waals surface area contributed by atoms with E-state index >= 15 is 0 Å². The molecule has 132 valence electrons. The van der Waals surface area contributed by atoms with Crippen molar-refractivity contribution in [2.45, 2.75) is 57.9 Å². The Balaban J connectivity index is 1.75. The van der Waals surface area contributed by atoms with Crippen LogP contribution < -0.4 is 11.1 Å². The molecule has 0 aromatic carbocycles. The van der Waals surface area contributed by atoms with Crippen LogP contribution in [0.5, 0.6) is 0 Å². The Kier molecular flexibility index (Phi) is 6.27. The SMILES string of the molecule is CCC(N)(CC)CNC(=O)C1CCN(C(=O)N2CCCC2)CC1. The van der Waals surface area contributed by atoms with E-state index < -0.39 is 0 Å². The van der Waals surface area contributed by atoms with Crippen LogP contribution in [0.3, 0.4) is 0 Å². The quantitative estimate of drug-likeness (QED) is 0.805. The Labute approximate surface area is 139 Å². The van der Waals surface area contributed by atoms with Crippen LogP contribution in [0, 0.1) is 5.92 Å². The van der Waals surface area contributed by atoms with E-state index in [0.29, 0.717) is 19.6 Å². The summed E-state index contributed by atoms with van der Waals surface area (Å²) in [5.41, 5.74) is 5.93. The van der Waals surface area contributed by atoms with Gasteiger partial charge in [0.1, 0.15) is 0 Å². The van der Waals surface area contributed by atoms with E-state index in [-0.39, 0.29) is 23.4 Å². The van der Waals surface area contributed by atoms with Crippen molar-refractivity contribution in [3.63, 3.8) is 0 Å². The maximum atomic E-state index is 12.3. The van der Waals surface area contributed by atoms with Crippen molar-refractivity contribution in [3.05, 3.63) is 0 Å². The van der Waals surface area contributed by atoms with Crippen LogP contribution in [-0.2, 0) is 4.79 Å². The van der Waals surface area contributed by atoms with Gasteiger partial charge in [-0.25, -0.2) is 4.79 Å². The molecule has 0 aromatic rings. The molecule has 2 fully saturated rings. The lowest BCUT2D eigenvalue weighted by Crippen LogP contribution is -2.52. The molecule has 0 atom stereocenters. The number of carbonyl (C=O) groups excluding carboxylic acids is 2. The van der Waals surface area contributed by atoms with Crippen molar-refractivity contribution in [1.82, 2.24) is 15.1 Å². The van der Waals surface area contributed by atoms with Gasteiger partial charge in [-0.1, -0.05) is 13.8 Å². The Morgan fingerprint density at radius 3 is 2.09 bits per heavy atom. The highest BCUT2D eigenvalue weighted by Gasteiger charge is 2.31. The number of nitrogens with two attached hydrogens (primary N) is 1. The third-order valence-electron chi connectivity index (χ3n) is 5.54. The highest BCUT2D eigenvalue weighted by molar-refractivity contribution is 5.79. The average Bonchev–Trinajstić information content (AvgIpc) is 3.13. The molecule has 6 nitrogen and oxygen atoms in total. The molecule has 2 aliphatic rings. The summed E-state index contributed by atoms with van der Waals surface area (Å²) in [5, 5.41) is 3.02. The number of hydrogen-bond acceptors (Lipinski definition) is 3. The standard InChI is InChI=1S/C17H32N4O2/c1-3-17(18,4-2)13-19-15(22)14-7-11-21(12-8-14)16(23)20-9-5-6-10-20/h14H,3-13,18H2,1-2H3,(H,19,22). The van der Waals surface area contributed by atoms with E-state index in [1.807, 2.05) is 9.80 Å². The van der Waals surface area contributed by atoms with Gasteiger partial charge in [0, 0.05) is 44.2 Å². The first-order valence-corrected chi connectivity index (χ1v) is 9.09. The predicted molar refractivity (Wildman–Crippen MR) is 91.0 cm³/mol. The molecule has 0 aromatic heterocycles. The van der Waals surface area contributed by atoms with Crippen LogP contribution in [0.15, 0.2) is 0 Å². The predicted octanol–water partition coefficient (Wildman–Crippen LogP) is 1.55. The lowest BCUT2D eigenvalue weighted by atomic mass is 9.92. The van der Waals surface area contributed by atoms with Crippen molar-refractivity contribution in [3.8, 4) is 0 Å². The number of rotatable bonds is 5. The Morgan fingerprint density at radius 1 is 1.04 bits per heavy atom. The van der Waals surface area contributed by atoms with E-state index in [1.54, 1.807) is 0 Å². The third kappa shape index (κ3) is 4.59. The molecule has 2 saturated heterocycles. The van der Waals surface area contributed by atoms with Crippen LogP contribution in [0.1, 0.15) is 52.4 Å². The number of piperidine rings is 1. The molecular weight excluding hydrogens is 292 g/mol. The van der Waals surface area contributed by atoms with Crippen LogP contribution >= 0.6 is 0 Å². The van der Waals surface area contributed by atoms with Gasteiger partial charge in [-0.2, -0.15) is 0 Å². The highest BCUT2D eigenvalue weighted by atomic mass is 16.2. The van der Waals surface area contributed by atoms with Crippen LogP contribution in [0.25, 0.3) is 0 Å². The van der Waals surface area contributed by atoms with Gasteiger partial charge in [-0.3, -0.25) is 4.79 Å². The van der Waals surface area contributed by atoms with Gasteiger partial charge in [-0.15, -0.1) is 0 Å². The normalized spacial score (nSPS) is 20.0. The van der Waals surface area contributed by atoms with Gasteiger partial charge in [0.15, 0.2) is 0 Å². The van der Waals surface area contributed by atoms with Gasteiger partial charge in [0.2, 0.25) is 5.91 Å². The van der Waals surface area contributed by atoms with E-state index in [0.717, 1.165) is 51.6 Å². The molecule has 0 aliphatic carbocycles. The summed E-state index contributed by atoms with van der Waals surface area (Å²) < 4.78 is 0. The minimum Gasteiger partial charge on any atom is -0.354 e. The van der Waals surface area contributed by atoms with Crippen molar-refractivity contribution in [2.75, 3.05) is 32.7 Å². The minimum absolute atomic E-state index is 0.00981. The van der Waals surface area contributed by atoms with Crippen LogP contribution in [0.4, 0.5) is 4.79 Å². The molecule has 2 rings (SSSR count). The van der Waals surface area contributed by atoms with Crippen molar-refractivity contribution >= 4 is 11.9 Å². The number of nitrogens with zero attached hydrogens (tertiary/aromatic N) is 2. The fourth-order valence-electron chi connectivity index (χ4n) is 3.35. The molecule has 0 bridgehead atoms. The third-order valence-corrected chi connectivity index (χ3v) is 5.54. The molecule has 3 N–H and O–H groups in total. The Hall–Kier alpha value is -1.30. The second-order valence-electron chi connectivity index (χ2n) is 7.03. The summed E-state index contributed by atoms with van der Waals surface area (Å²) in [5.74, 6) is 0.102. The summed E-state index contributed by atoms with van der Waals surface area (Å²) in [6.45, 7) is 7.77. The molecule has 6 heteroatoms. The van der Waals surface area contributed by atoms with Gasteiger partial charge < -0.3 is 20.9 Å². The maximum Gasteiger partial charge on any atom is 0.319 e. The molecule has 0 saturated carbocycles. The number of amides is 3. The molecule has 2 heterocycles. The van der Waals surface area contributed by atoms with Gasteiger partial charge in [0.25, 0.3) is 0 Å². The zero-order valence-corrected chi connectivity index (χ0v) is 14.6. The molecule has 0 radical (unpaired) electrons. The lowest BCUT2D eigenvalue weighted by Gasteiger charge is -2.34. The zero-order valence-electron chi connectivity index (χ0n) is 14.6. The van der Waals surface area contributed by atoms with Gasteiger partial charge in [-0.05, 0) is 38.5 Å². The van der Waals surface area contributed by atoms with E-state index in [1.165, 1.54) is 0 Å². The molecular formula is C17H32N4O2. The number of urea groups is 1. The first-order valence-electron chi connectivity index (χ1n) is 9.09. The van der Waals surface area contributed by atoms with Crippen molar-refractivity contribution in [1.29, 1.82) is 0 Å². The second-order valence-corrected chi connectivity index (χ2v) is 7.03. The van der Waals surface area contributed by atoms with Crippen LogP contribution in [-0.4, -0.2) is 60.0 Å². The highest BCUT2D eigenvalue weighted by Crippen LogP contribution is 2.20. The van der Waals surface area contributed by atoms with Crippen molar-refractivity contribution < 1.29 is 9.59 Å². The van der Waals surface area contributed by atoms with E-state index in [2.05, 4.69) is 19.2 Å². The topological polar surface area (TPSA) is 78.7 Å². The van der Waals surface area contributed by atoms with E-state index in [9.17, 15) is 9.59 Å².